The minimum Gasteiger partial charge on any atom is -0.318 e. The van der Waals surface area contributed by atoms with Crippen LogP contribution >= 0.6 is 15.9 Å². The number of nitrogens with zero attached hydrogens (tertiary/aromatic N) is 2. The Morgan fingerprint density at radius 3 is 2.69 bits per heavy atom. The van der Waals surface area contributed by atoms with E-state index in [1.54, 1.807) is 24.0 Å². The predicted octanol–water partition coefficient (Wildman–Crippen LogP) is 2.52. The van der Waals surface area contributed by atoms with Crippen LogP contribution in [0.25, 0.3) is 11.3 Å². The lowest BCUT2D eigenvalue weighted by Crippen LogP contribution is -2.19. The first kappa shape index (κ1) is 11.1. The number of rotatable bonds is 1. The van der Waals surface area contributed by atoms with E-state index in [1.807, 2.05) is 25.1 Å². The molecule has 2 rings (SSSR count). The van der Waals surface area contributed by atoms with Gasteiger partial charge in [-0.05, 0) is 46.6 Å². The fraction of sp³-hybridized carbons (Fsp3) is 0.167. The van der Waals surface area contributed by atoms with Crippen molar-refractivity contribution in [3.8, 4) is 11.3 Å². The van der Waals surface area contributed by atoms with Gasteiger partial charge in [0.05, 0.1) is 11.3 Å². The van der Waals surface area contributed by atoms with Gasteiger partial charge in [-0.1, -0.05) is 0 Å². The second-order valence-electron chi connectivity index (χ2n) is 3.65. The van der Waals surface area contributed by atoms with Crippen molar-refractivity contribution in [3.63, 3.8) is 0 Å². The number of hydrogen-bond acceptors (Lipinski definition) is 2. The van der Waals surface area contributed by atoms with Crippen LogP contribution in [-0.4, -0.2) is 9.55 Å². The third kappa shape index (κ3) is 1.93. The zero-order chi connectivity index (χ0) is 11.7. The molecule has 0 spiro atoms. The maximum atomic E-state index is 12.0. The van der Waals surface area contributed by atoms with Crippen molar-refractivity contribution in [2.24, 2.45) is 7.05 Å². The molecule has 0 aliphatic rings. The molecule has 82 valence electrons. The SMILES string of the molecule is Cc1ccn(C)c(=O)c1-c1ccc(Br)cn1. The van der Waals surface area contributed by atoms with Gasteiger partial charge in [0.25, 0.3) is 5.56 Å². The molecule has 0 amide bonds. The van der Waals surface area contributed by atoms with E-state index in [-0.39, 0.29) is 5.56 Å². The van der Waals surface area contributed by atoms with E-state index in [2.05, 4.69) is 20.9 Å². The van der Waals surface area contributed by atoms with Crippen molar-refractivity contribution in [1.29, 1.82) is 0 Å². The molecule has 0 atom stereocenters. The second-order valence-corrected chi connectivity index (χ2v) is 4.57. The van der Waals surface area contributed by atoms with Crippen LogP contribution in [0.15, 0.2) is 39.9 Å². The second kappa shape index (κ2) is 4.22. The molecular weight excluding hydrogens is 268 g/mol. The Labute approximate surface area is 102 Å². The monoisotopic (exact) mass is 278 g/mol. The summed E-state index contributed by atoms with van der Waals surface area (Å²) in [5, 5.41) is 0. The van der Waals surface area contributed by atoms with Gasteiger partial charge in [0.2, 0.25) is 0 Å². The van der Waals surface area contributed by atoms with Gasteiger partial charge in [0.1, 0.15) is 0 Å². The summed E-state index contributed by atoms with van der Waals surface area (Å²) in [5.74, 6) is 0. The lowest BCUT2D eigenvalue weighted by atomic mass is 10.1. The van der Waals surface area contributed by atoms with E-state index in [4.69, 9.17) is 0 Å². The molecule has 0 N–H and O–H groups in total. The van der Waals surface area contributed by atoms with Gasteiger partial charge in [0.15, 0.2) is 0 Å². The van der Waals surface area contributed by atoms with E-state index in [1.165, 1.54) is 0 Å². The van der Waals surface area contributed by atoms with Gasteiger partial charge in [0, 0.05) is 23.9 Å². The van der Waals surface area contributed by atoms with Crippen LogP contribution in [0.1, 0.15) is 5.56 Å². The Kier molecular flexibility index (Phi) is 2.92. The lowest BCUT2D eigenvalue weighted by Gasteiger charge is -2.06. The molecule has 0 unspecified atom stereocenters. The average Bonchev–Trinajstić information content (AvgIpc) is 2.27. The molecule has 0 fully saturated rings. The number of halogens is 1. The summed E-state index contributed by atoms with van der Waals surface area (Å²) >= 11 is 3.32. The summed E-state index contributed by atoms with van der Waals surface area (Å²) in [5.41, 5.74) is 2.30. The van der Waals surface area contributed by atoms with Crippen molar-refractivity contribution in [2.75, 3.05) is 0 Å². The molecule has 3 nitrogen and oxygen atoms in total. The van der Waals surface area contributed by atoms with E-state index >= 15 is 0 Å². The summed E-state index contributed by atoms with van der Waals surface area (Å²) in [7, 11) is 1.74. The van der Waals surface area contributed by atoms with Crippen LogP contribution in [0.3, 0.4) is 0 Å². The van der Waals surface area contributed by atoms with Gasteiger partial charge in [-0.25, -0.2) is 0 Å². The summed E-state index contributed by atoms with van der Waals surface area (Å²) < 4.78 is 2.47. The zero-order valence-electron chi connectivity index (χ0n) is 9.07. The fourth-order valence-electron chi connectivity index (χ4n) is 1.55. The maximum Gasteiger partial charge on any atom is 0.260 e. The van der Waals surface area contributed by atoms with Gasteiger partial charge in [-0.2, -0.15) is 0 Å². The van der Waals surface area contributed by atoms with Gasteiger partial charge < -0.3 is 4.57 Å². The predicted molar refractivity (Wildman–Crippen MR) is 67.4 cm³/mol. The van der Waals surface area contributed by atoms with Crippen molar-refractivity contribution in [2.45, 2.75) is 6.92 Å². The maximum absolute atomic E-state index is 12.0. The smallest absolute Gasteiger partial charge is 0.260 e. The number of pyridine rings is 2. The molecule has 2 aromatic rings. The van der Waals surface area contributed by atoms with Crippen LogP contribution < -0.4 is 5.56 Å². The molecule has 2 heterocycles. The molecule has 0 aliphatic heterocycles. The lowest BCUT2D eigenvalue weighted by molar-refractivity contribution is 0.857. The minimum atomic E-state index is -0.0187. The first-order valence-electron chi connectivity index (χ1n) is 4.88. The average molecular weight is 279 g/mol. The summed E-state index contributed by atoms with van der Waals surface area (Å²) in [6.45, 7) is 1.92. The summed E-state index contributed by atoms with van der Waals surface area (Å²) in [6, 6.07) is 5.64. The third-order valence-corrected chi connectivity index (χ3v) is 2.93. The van der Waals surface area contributed by atoms with Crippen molar-refractivity contribution in [3.05, 3.63) is 51.0 Å². The molecule has 16 heavy (non-hydrogen) atoms. The van der Waals surface area contributed by atoms with Crippen molar-refractivity contribution < 1.29 is 0 Å². The molecule has 0 bridgehead atoms. The van der Waals surface area contributed by atoms with Crippen LogP contribution in [0.4, 0.5) is 0 Å². The van der Waals surface area contributed by atoms with Gasteiger partial charge in [-0.3, -0.25) is 9.78 Å². The van der Waals surface area contributed by atoms with Crippen LogP contribution in [0, 0.1) is 6.92 Å². The molecule has 0 saturated heterocycles. The molecule has 0 aromatic carbocycles. The number of aryl methyl sites for hydroxylation is 2. The van der Waals surface area contributed by atoms with Crippen LogP contribution in [0.5, 0.6) is 0 Å². The highest BCUT2D eigenvalue weighted by atomic mass is 79.9. The van der Waals surface area contributed by atoms with Crippen molar-refractivity contribution in [1.82, 2.24) is 9.55 Å². The molecule has 4 heteroatoms. The Balaban J connectivity index is 2.69. The first-order chi connectivity index (χ1) is 7.59. The largest absolute Gasteiger partial charge is 0.318 e. The fourth-order valence-corrected chi connectivity index (χ4v) is 1.79. The number of hydrogen-bond donors (Lipinski definition) is 0. The number of aromatic nitrogens is 2. The van der Waals surface area contributed by atoms with E-state index < -0.39 is 0 Å². The quantitative estimate of drug-likeness (QED) is 0.804. The Morgan fingerprint density at radius 1 is 1.31 bits per heavy atom. The Bertz CT molecular complexity index is 573. The zero-order valence-corrected chi connectivity index (χ0v) is 10.7. The normalized spacial score (nSPS) is 10.4. The topological polar surface area (TPSA) is 34.9 Å². The molecular formula is C12H11BrN2O. The minimum absolute atomic E-state index is 0.0187. The van der Waals surface area contributed by atoms with Gasteiger partial charge >= 0.3 is 0 Å². The van der Waals surface area contributed by atoms with E-state index in [0.717, 1.165) is 10.0 Å². The molecule has 0 radical (unpaired) electrons. The van der Waals surface area contributed by atoms with E-state index in [0.29, 0.717) is 11.3 Å². The van der Waals surface area contributed by atoms with Gasteiger partial charge in [-0.15, -0.1) is 0 Å². The highest BCUT2D eigenvalue weighted by Crippen LogP contribution is 2.18. The van der Waals surface area contributed by atoms with Crippen molar-refractivity contribution >= 4 is 15.9 Å². The molecule has 0 saturated carbocycles. The Hall–Kier alpha value is -1.42. The third-order valence-electron chi connectivity index (χ3n) is 2.46. The van der Waals surface area contributed by atoms with Crippen LogP contribution in [0.2, 0.25) is 0 Å². The van der Waals surface area contributed by atoms with E-state index in [9.17, 15) is 4.79 Å². The Morgan fingerprint density at radius 2 is 2.06 bits per heavy atom. The van der Waals surface area contributed by atoms with Crippen LogP contribution in [-0.2, 0) is 7.05 Å². The summed E-state index contributed by atoms with van der Waals surface area (Å²) in [6.07, 6.45) is 3.46. The standard InChI is InChI=1S/C12H11BrN2O/c1-8-5-6-15(2)12(16)11(8)10-4-3-9(13)7-14-10/h3-7H,1-2H3. The summed E-state index contributed by atoms with van der Waals surface area (Å²) in [4.78, 5) is 16.2. The molecule has 0 aliphatic carbocycles. The highest BCUT2D eigenvalue weighted by molar-refractivity contribution is 9.10. The highest BCUT2D eigenvalue weighted by Gasteiger charge is 2.09. The molecule has 2 aromatic heterocycles. The first-order valence-corrected chi connectivity index (χ1v) is 5.67.